The summed E-state index contributed by atoms with van der Waals surface area (Å²) in [4.78, 5) is 43.2. The molecule has 8 nitrogen and oxygen atoms in total. The molecule has 2 unspecified atom stereocenters. The van der Waals surface area contributed by atoms with Crippen molar-refractivity contribution in [1.29, 1.82) is 0 Å². The number of carbonyl (C=O) groups is 2. The number of rotatable bonds is 9. The third-order valence-electron chi connectivity index (χ3n) is 3.65. The normalized spacial score (nSPS) is 15.1. The van der Waals surface area contributed by atoms with Gasteiger partial charge in [0.1, 0.15) is 0 Å². The first-order chi connectivity index (χ1) is 13.2. The Bertz CT molecular complexity index is 823. The van der Waals surface area contributed by atoms with Crippen LogP contribution in [-0.2, 0) is 28.2 Å². The van der Waals surface area contributed by atoms with Gasteiger partial charge in [0.2, 0.25) is 0 Å². The van der Waals surface area contributed by atoms with E-state index in [0.717, 1.165) is 0 Å². The number of benzene rings is 2. The Morgan fingerprint density at radius 3 is 1.32 bits per heavy atom. The van der Waals surface area contributed by atoms with Crippen LogP contribution in [0.15, 0.2) is 60.7 Å². The lowest BCUT2D eigenvalue weighted by Gasteiger charge is -2.13. The molecule has 28 heavy (non-hydrogen) atoms. The minimum Gasteiger partial charge on any atom is -0.455 e. The van der Waals surface area contributed by atoms with Gasteiger partial charge in [0.25, 0.3) is 14.7 Å². The van der Waals surface area contributed by atoms with Crippen LogP contribution < -0.4 is 10.6 Å². The average molecular weight is 426 g/mol. The highest BCUT2D eigenvalue weighted by molar-refractivity contribution is 7.66. The quantitative estimate of drug-likeness (QED) is 0.460. The van der Waals surface area contributed by atoms with Crippen LogP contribution in [0.25, 0.3) is 0 Å². The molecule has 2 aromatic rings. The van der Waals surface area contributed by atoms with E-state index in [0.29, 0.717) is 0 Å². The van der Waals surface area contributed by atoms with E-state index in [1.807, 2.05) is 0 Å². The van der Waals surface area contributed by atoms with Crippen molar-refractivity contribution in [2.45, 2.75) is 12.8 Å². The van der Waals surface area contributed by atoms with Crippen molar-refractivity contribution in [3.63, 3.8) is 0 Å². The largest absolute Gasteiger partial charge is 0.455 e. The molecule has 0 heterocycles. The highest BCUT2D eigenvalue weighted by Gasteiger charge is 2.25. The molecule has 2 N–H and O–H groups in total. The maximum absolute atomic E-state index is 12.1. The van der Waals surface area contributed by atoms with Crippen molar-refractivity contribution in [3.05, 3.63) is 60.7 Å². The summed E-state index contributed by atoms with van der Waals surface area (Å²) in [6.45, 7) is 0. The van der Waals surface area contributed by atoms with Gasteiger partial charge in [0.05, 0.1) is 12.8 Å². The maximum Gasteiger partial charge on any atom is 0.306 e. The molecule has 0 aliphatic rings. The molecule has 0 saturated heterocycles. The Morgan fingerprint density at radius 1 is 0.679 bits per heavy atom. The first-order valence-corrected chi connectivity index (χ1v) is 12.0. The fourth-order valence-corrected chi connectivity index (χ4v) is 4.35. The standard InChI is InChI=1S/C18H20O8P2/c19-17(25-13-27(21,22)15-7-3-1-4-8-15)11-12-18(20)26-14-28(23,24)16-9-5-2-6-10-16/h1-10H,11-14H2,(H,21,22)(H,23,24). The molecule has 2 atom stereocenters. The minimum absolute atomic E-state index is 0.154. The molecular weight excluding hydrogens is 406 g/mol. The summed E-state index contributed by atoms with van der Waals surface area (Å²) in [6.07, 6.45) is -2.17. The SMILES string of the molecule is O=C(CCC(=O)OCP(=O)(O)c1ccccc1)OCP(=O)(O)c1ccccc1. The second kappa shape index (κ2) is 9.80. The number of hydrogen-bond donors (Lipinski definition) is 2. The van der Waals surface area contributed by atoms with Gasteiger partial charge in [-0.2, -0.15) is 0 Å². The van der Waals surface area contributed by atoms with E-state index < -0.39 is 39.4 Å². The lowest BCUT2D eigenvalue weighted by molar-refractivity contribution is -0.148. The van der Waals surface area contributed by atoms with Gasteiger partial charge in [-0.1, -0.05) is 36.4 Å². The second-order valence-electron chi connectivity index (χ2n) is 5.87. The summed E-state index contributed by atoms with van der Waals surface area (Å²) < 4.78 is 33.8. The van der Waals surface area contributed by atoms with Crippen molar-refractivity contribution >= 4 is 37.3 Å². The van der Waals surface area contributed by atoms with Crippen LogP contribution in [0.5, 0.6) is 0 Å². The molecule has 0 bridgehead atoms. The van der Waals surface area contributed by atoms with E-state index in [2.05, 4.69) is 0 Å². The smallest absolute Gasteiger partial charge is 0.306 e. The number of hydrogen-bond acceptors (Lipinski definition) is 6. The van der Waals surface area contributed by atoms with Crippen molar-refractivity contribution in [3.8, 4) is 0 Å². The van der Waals surface area contributed by atoms with Gasteiger partial charge in [-0.3, -0.25) is 18.7 Å². The highest BCUT2D eigenvalue weighted by atomic mass is 31.2. The lowest BCUT2D eigenvalue weighted by Crippen LogP contribution is -2.15. The third kappa shape index (κ3) is 6.73. The van der Waals surface area contributed by atoms with Crippen molar-refractivity contribution < 1.29 is 38.0 Å². The molecule has 0 radical (unpaired) electrons. The van der Waals surface area contributed by atoms with Gasteiger partial charge in [-0.25, -0.2) is 0 Å². The Labute approximate surface area is 162 Å². The van der Waals surface area contributed by atoms with Crippen LogP contribution in [0.1, 0.15) is 12.8 Å². The van der Waals surface area contributed by atoms with E-state index in [1.54, 1.807) is 36.4 Å². The van der Waals surface area contributed by atoms with Gasteiger partial charge in [0.15, 0.2) is 12.7 Å². The summed E-state index contributed by atoms with van der Waals surface area (Å²) in [5.74, 6) is -1.70. The fourth-order valence-electron chi connectivity index (χ4n) is 2.14. The summed E-state index contributed by atoms with van der Waals surface area (Å²) in [5, 5.41) is 0.309. The summed E-state index contributed by atoms with van der Waals surface area (Å²) in [7, 11) is -7.69. The zero-order valence-corrected chi connectivity index (χ0v) is 16.6. The fraction of sp³-hybridized carbons (Fsp3) is 0.222. The van der Waals surface area contributed by atoms with Crippen molar-refractivity contribution in [1.82, 2.24) is 0 Å². The van der Waals surface area contributed by atoms with Gasteiger partial charge < -0.3 is 19.3 Å². The van der Waals surface area contributed by atoms with Crippen LogP contribution in [0.2, 0.25) is 0 Å². The van der Waals surface area contributed by atoms with Gasteiger partial charge in [-0.05, 0) is 24.3 Å². The molecule has 10 heteroatoms. The lowest BCUT2D eigenvalue weighted by atomic mass is 10.3. The van der Waals surface area contributed by atoms with Gasteiger partial charge in [-0.15, -0.1) is 0 Å². The van der Waals surface area contributed by atoms with E-state index >= 15 is 0 Å². The van der Waals surface area contributed by atoms with Crippen LogP contribution in [0, 0.1) is 0 Å². The first kappa shape index (κ1) is 22.1. The number of esters is 2. The molecule has 2 aromatic carbocycles. The second-order valence-corrected chi connectivity index (χ2v) is 10.2. The van der Waals surface area contributed by atoms with E-state index in [9.17, 15) is 28.5 Å². The van der Waals surface area contributed by atoms with Crippen LogP contribution in [0.3, 0.4) is 0 Å². The molecule has 0 aliphatic carbocycles. The predicted molar refractivity (Wildman–Crippen MR) is 103 cm³/mol. The molecular formula is C18H20O8P2. The van der Waals surface area contributed by atoms with Gasteiger partial charge in [0, 0.05) is 10.6 Å². The zero-order valence-electron chi connectivity index (χ0n) is 14.8. The Balaban J connectivity index is 1.74. The molecule has 0 aliphatic heterocycles. The summed E-state index contributed by atoms with van der Waals surface area (Å²) >= 11 is 0. The Kier molecular flexibility index (Phi) is 7.72. The Morgan fingerprint density at radius 2 is 1.00 bits per heavy atom. The number of carbonyl (C=O) groups excluding carboxylic acids is 2. The molecule has 150 valence electrons. The Hall–Kier alpha value is -2.24. The van der Waals surface area contributed by atoms with Gasteiger partial charge >= 0.3 is 11.9 Å². The molecule has 0 aromatic heterocycles. The van der Waals surface area contributed by atoms with Crippen LogP contribution in [0.4, 0.5) is 0 Å². The zero-order chi connectivity index (χ0) is 20.6. The predicted octanol–water partition coefficient (Wildman–Crippen LogP) is 1.96. The molecule has 0 fully saturated rings. The van der Waals surface area contributed by atoms with Crippen molar-refractivity contribution in [2.75, 3.05) is 12.7 Å². The topological polar surface area (TPSA) is 127 Å². The molecule has 0 amide bonds. The minimum atomic E-state index is -3.84. The summed E-state index contributed by atoms with van der Waals surface area (Å²) in [5.41, 5.74) is 0. The average Bonchev–Trinajstić information content (AvgIpc) is 2.70. The molecule has 2 rings (SSSR count). The van der Waals surface area contributed by atoms with Crippen molar-refractivity contribution in [2.24, 2.45) is 0 Å². The molecule has 0 spiro atoms. The maximum atomic E-state index is 12.1. The highest BCUT2D eigenvalue weighted by Crippen LogP contribution is 2.39. The first-order valence-electron chi connectivity index (χ1n) is 8.27. The third-order valence-corrected chi connectivity index (χ3v) is 6.82. The molecule has 0 saturated carbocycles. The van der Waals surface area contributed by atoms with E-state index in [4.69, 9.17) is 9.47 Å². The van der Waals surface area contributed by atoms with E-state index in [1.165, 1.54) is 24.3 Å². The summed E-state index contributed by atoms with van der Waals surface area (Å²) in [6, 6.07) is 15.5. The van der Waals surface area contributed by atoms with E-state index in [-0.39, 0.29) is 23.5 Å². The monoisotopic (exact) mass is 426 g/mol. The van der Waals surface area contributed by atoms with Crippen LogP contribution >= 0.6 is 14.7 Å². The van der Waals surface area contributed by atoms with Crippen LogP contribution in [-0.4, -0.2) is 34.4 Å². The number of ether oxygens (including phenoxy) is 2.